The highest BCUT2D eigenvalue weighted by molar-refractivity contribution is 14.1. The van der Waals surface area contributed by atoms with E-state index in [9.17, 15) is 9.18 Å². The Kier molecular flexibility index (Phi) is 7.34. The minimum atomic E-state index is -0.631. The van der Waals surface area contributed by atoms with Gasteiger partial charge in [0.05, 0.1) is 23.8 Å². The predicted octanol–water partition coefficient (Wildman–Crippen LogP) is 2.26. The van der Waals surface area contributed by atoms with Crippen molar-refractivity contribution in [3.05, 3.63) is 33.7 Å². The summed E-state index contributed by atoms with van der Waals surface area (Å²) in [7, 11) is 0. The fourth-order valence-electron chi connectivity index (χ4n) is 2.08. The molecule has 1 amide bonds. The average Bonchev–Trinajstić information content (AvgIpc) is 2.59. The molecule has 5 nitrogen and oxygen atoms in total. The Balaban J connectivity index is 1.91. The van der Waals surface area contributed by atoms with Crippen LogP contribution in [0.4, 0.5) is 4.39 Å². The molecular weight excluding hydrogens is 421 g/mol. The van der Waals surface area contributed by atoms with Gasteiger partial charge in [0.15, 0.2) is 0 Å². The van der Waals surface area contributed by atoms with Gasteiger partial charge in [-0.1, -0.05) is 18.8 Å². The zero-order valence-corrected chi connectivity index (χ0v) is 15.5. The lowest BCUT2D eigenvalue weighted by molar-refractivity contribution is 0.0944. The van der Waals surface area contributed by atoms with Crippen molar-refractivity contribution in [2.45, 2.75) is 6.92 Å². The predicted molar refractivity (Wildman–Crippen MR) is 100 cm³/mol. The molecule has 1 aromatic heterocycles. The van der Waals surface area contributed by atoms with Gasteiger partial charge in [-0.05, 0) is 47.3 Å². The standard InChI is InChI=1S/C17H18FIN4O/c1-2-23(9-4-3-7-18)10-8-20-17(24)16-12-21-15-11-13(19)5-6-14(15)22-16/h5-6,11-12H,2,7-10H2,1H3,(H,20,24)/i18-1. The van der Waals surface area contributed by atoms with Crippen LogP contribution in [0.5, 0.6) is 0 Å². The Morgan fingerprint density at radius 3 is 2.96 bits per heavy atom. The summed E-state index contributed by atoms with van der Waals surface area (Å²) in [5.41, 5.74) is 1.76. The Labute approximate surface area is 154 Å². The van der Waals surface area contributed by atoms with Crippen LogP contribution in [-0.4, -0.2) is 53.6 Å². The molecule has 0 fully saturated rings. The van der Waals surface area contributed by atoms with Crippen LogP contribution in [0.15, 0.2) is 24.4 Å². The minimum Gasteiger partial charge on any atom is -0.349 e. The van der Waals surface area contributed by atoms with E-state index in [0.29, 0.717) is 30.8 Å². The van der Waals surface area contributed by atoms with E-state index in [1.165, 1.54) is 6.20 Å². The molecule has 24 heavy (non-hydrogen) atoms. The van der Waals surface area contributed by atoms with Crippen LogP contribution in [0.2, 0.25) is 0 Å². The van der Waals surface area contributed by atoms with Crippen molar-refractivity contribution in [3.8, 4) is 11.8 Å². The summed E-state index contributed by atoms with van der Waals surface area (Å²) < 4.78 is 13.0. The molecule has 0 unspecified atom stereocenters. The van der Waals surface area contributed by atoms with Crippen molar-refractivity contribution in [1.82, 2.24) is 20.2 Å². The van der Waals surface area contributed by atoms with Crippen LogP contribution in [0.1, 0.15) is 17.4 Å². The molecule has 0 saturated heterocycles. The number of hydrogen-bond donors (Lipinski definition) is 1. The lowest BCUT2D eigenvalue weighted by Crippen LogP contribution is -2.35. The summed E-state index contributed by atoms with van der Waals surface area (Å²) in [6.45, 7) is 3.75. The van der Waals surface area contributed by atoms with Gasteiger partial charge < -0.3 is 5.32 Å². The van der Waals surface area contributed by atoms with Crippen molar-refractivity contribution in [3.63, 3.8) is 0 Å². The lowest BCUT2D eigenvalue weighted by atomic mass is 10.3. The highest BCUT2D eigenvalue weighted by atomic mass is 127. The fourth-order valence-corrected chi connectivity index (χ4v) is 2.55. The number of hydrogen-bond acceptors (Lipinski definition) is 4. The van der Waals surface area contributed by atoms with Crippen molar-refractivity contribution in [2.75, 3.05) is 32.9 Å². The van der Waals surface area contributed by atoms with E-state index in [-0.39, 0.29) is 5.91 Å². The second kappa shape index (κ2) is 9.49. The molecule has 0 saturated carbocycles. The summed E-state index contributed by atoms with van der Waals surface area (Å²) in [6.07, 6.45) is 1.48. The zero-order valence-electron chi connectivity index (χ0n) is 13.4. The molecule has 0 aliphatic rings. The second-order valence-corrected chi connectivity index (χ2v) is 6.25. The van der Waals surface area contributed by atoms with E-state index in [0.717, 1.165) is 15.6 Å². The van der Waals surface area contributed by atoms with Crippen LogP contribution in [0, 0.1) is 15.4 Å². The Morgan fingerprint density at radius 1 is 1.38 bits per heavy atom. The van der Waals surface area contributed by atoms with Gasteiger partial charge >= 0.3 is 0 Å². The second-order valence-electron chi connectivity index (χ2n) is 5.00. The Morgan fingerprint density at radius 2 is 2.21 bits per heavy atom. The van der Waals surface area contributed by atoms with E-state index in [2.05, 4.69) is 49.7 Å². The summed E-state index contributed by atoms with van der Waals surface area (Å²) in [5, 5.41) is 2.82. The topological polar surface area (TPSA) is 58.1 Å². The average molecular weight is 439 g/mol. The maximum Gasteiger partial charge on any atom is 0.271 e. The third-order valence-electron chi connectivity index (χ3n) is 3.39. The summed E-state index contributed by atoms with van der Waals surface area (Å²) >= 11 is 2.21. The molecule has 0 aliphatic carbocycles. The number of aromatic nitrogens is 2. The highest BCUT2D eigenvalue weighted by Gasteiger charge is 2.09. The molecule has 126 valence electrons. The fraction of sp³-hybridized carbons (Fsp3) is 0.353. The summed E-state index contributed by atoms with van der Waals surface area (Å²) in [6, 6.07) is 5.70. The first-order valence-corrected chi connectivity index (χ1v) is 8.66. The number of rotatable bonds is 6. The van der Waals surface area contributed by atoms with Gasteiger partial charge in [-0.3, -0.25) is 14.7 Å². The quantitative estimate of drug-likeness (QED) is 0.555. The number of alkyl halides is 1. The molecule has 0 radical (unpaired) electrons. The molecule has 2 aromatic rings. The van der Waals surface area contributed by atoms with E-state index in [1.54, 1.807) is 0 Å². The van der Waals surface area contributed by atoms with Gasteiger partial charge in [-0.15, -0.1) is 0 Å². The van der Waals surface area contributed by atoms with Crippen LogP contribution in [0.25, 0.3) is 11.0 Å². The number of nitrogens with one attached hydrogen (secondary N) is 1. The van der Waals surface area contributed by atoms with Crippen molar-refractivity contribution in [2.24, 2.45) is 0 Å². The molecule has 0 bridgehead atoms. The van der Waals surface area contributed by atoms with Crippen LogP contribution >= 0.6 is 22.6 Å². The summed E-state index contributed by atoms with van der Waals surface area (Å²) in [4.78, 5) is 22.8. The van der Waals surface area contributed by atoms with Gasteiger partial charge in [0, 0.05) is 16.7 Å². The molecule has 1 N–H and O–H groups in total. The normalized spacial score (nSPS) is 10.5. The van der Waals surface area contributed by atoms with Crippen LogP contribution in [0.3, 0.4) is 0 Å². The number of amides is 1. The van der Waals surface area contributed by atoms with Gasteiger partial charge in [0.1, 0.15) is 12.4 Å². The third kappa shape index (κ3) is 5.39. The molecule has 7 heteroatoms. The molecule has 0 aliphatic heterocycles. The van der Waals surface area contributed by atoms with Gasteiger partial charge in [-0.25, -0.2) is 9.37 Å². The first-order valence-electron chi connectivity index (χ1n) is 7.58. The van der Waals surface area contributed by atoms with Gasteiger partial charge in [0.2, 0.25) is 0 Å². The third-order valence-corrected chi connectivity index (χ3v) is 4.06. The summed E-state index contributed by atoms with van der Waals surface area (Å²) in [5.74, 6) is 4.88. The molecule has 1 aromatic carbocycles. The molecule has 1 heterocycles. The molecule has 0 atom stereocenters. The smallest absolute Gasteiger partial charge is 0.271 e. The molecular formula is C17H18FIN4O. The number of carbonyl (C=O) groups is 1. The SMILES string of the molecule is CCN(CC#CC[18F])CCNC(=O)c1cnc2cc(I)ccc2n1. The maximum absolute atomic E-state index is 12.2. The number of nitrogens with zero attached hydrogens (tertiary/aromatic N) is 3. The first kappa shape index (κ1) is 18.5. The molecule has 2 rings (SSSR count). The number of fused-ring (bicyclic) bond motifs is 1. The minimum absolute atomic E-state index is 0.256. The van der Waals surface area contributed by atoms with Crippen molar-refractivity contribution < 1.29 is 9.18 Å². The molecule has 0 spiro atoms. The van der Waals surface area contributed by atoms with Crippen molar-refractivity contribution >= 4 is 39.5 Å². The van der Waals surface area contributed by atoms with E-state index >= 15 is 0 Å². The van der Waals surface area contributed by atoms with Gasteiger partial charge in [-0.2, -0.15) is 0 Å². The van der Waals surface area contributed by atoms with Crippen LogP contribution < -0.4 is 5.32 Å². The zero-order chi connectivity index (χ0) is 17.4. The number of benzene rings is 1. The van der Waals surface area contributed by atoms with Crippen molar-refractivity contribution in [1.29, 1.82) is 0 Å². The Hall–Kier alpha value is -1.79. The monoisotopic (exact) mass is 439 g/mol. The largest absolute Gasteiger partial charge is 0.349 e. The first-order chi connectivity index (χ1) is 11.6. The number of likely N-dealkylation sites (N-methyl/N-ethyl adjacent to an activating group) is 1. The number of carbonyl (C=O) groups excluding carboxylic acids is 1. The van der Waals surface area contributed by atoms with Crippen LogP contribution in [-0.2, 0) is 0 Å². The van der Waals surface area contributed by atoms with E-state index in [4.69, 9.17) is 0 Å². The van der Waals surface area contributed by atoms with E-state index < -0.39 is 6.67 Å². The number of halogens is 2. The Bertz CT molecular complexity index is 772. The van der Waals surface area contributed by atoms with E-state index in [1.807, 2.05) is 30.0 Å². The highest BCUT2D eigenvalue weighted by Crippen LogP contribution is 2.13. The lowest BCUT2D eigenvalue weighted by Gasteiger charge is -2.17. The van der Waals surface area contributed by atoms with Gasteiger partial charge in [0.25, 0.3) is 5.91 Å². The maximum atomic E-state index is 12.2.